The van der Waals surface area contributed by atoms with E-state index in [9.17, 15) is 13.6 Å². The fraction of sp³-hybridized carbons (Fsp3) is 0.350. The van der Waals surface area contributed by atoms with E-state index < -0.39 is 23.6 Å². The molecule has 1 aliphatic heterocycles. The molecule has 1 heterocycles. The van der Waals surface area contributed by atoms with Crippen LogP contribution in [-0.2, 0) is 26.9 Å². The van der Waals surface area contributed by atoms with Gasteiger partial charge in [0.25, 0.3) is 0 Å². The van der Waals surface area contributed by atoms with Gasteiger partial charge in [-0.25, -0.2) is 9.00 Å². The summed E-state index contributed by atoms with van der Waals surface area (Å²) >= 11 is -2.63. The van der Waals surface area contributed by atoms with Gasteiger partial charge in [0.15, 0.2) is 0 Å². The molecular formula is C20H22NO5S-. The first-order valence-corrected chi connectivity index (χ1v) is 9.81. The Morgan fingerprint density at radius 1 is 1.22 bits per heavy atom. The topological polar surface area (TPSA) is 78.9 Å². The highest BCUT2D eigenvalue weighted by Crippen LogP contribution is 2.34. The van der Waals surface area contributed by atoms with Gasteiger partial charge in [-0.05, 0) is 24.5 Å². The van der Waals surface area contributed by atoms with Crippen molar-refractivity contribution in [2.24, 2.45) is 5.92 Å². The summed E-state index contributed by atoms with van der Waals surface area (Å²) in [6.07, 6.45) is -0.362. The largest absolute Gasteiger partial charge is 0.750 e. The molecule has 0 spiro atoms. The molecule has 7 heteroatoms. The third kappa shape index (κ3) is 5.38. The molecule has 0 radical (unpaired) electrons. The summed E-state index contributed by atoms with van der Waals surface area (Å²) in [5.74, 6) is -0.116. The van der Waals surface area contributed by atoms with Gasteiger partial charge in [0, 0.05) is 19.0 Å². The number of hydrogen-bond acceptors (Lipinski definition) is 5. The number of ether oxygens (including phenoxy) is 1. The Balaban J connectivity index is 1.62. The van der Waals surface area contributed by atoms with Crippen LogP contribution in [0.15, 0.2) is 54.6 Å². The van der Waals surface area contributed by atoms with E-state index in [-0.39, 0.29) is 12.5 Å². The maximum atomic E-state index is 12.3. The molecule has 1 amide bonds. The number of aryl methyl sites for hydroxylation is 1. The molecule has 1 aliphatic rings. The van der Waals surface area contributed by atoms with Gasteiger partial charge in [-0.3, -0.25) is 4.18 Å². The van der Waals surface area contributed by atoms with Crippen molar-refractivity contribution >= 4 is 17.5 Å². The van der Waals surface area contributed by atoms with Gasteiger partial charge in [0.2, 0.25) is 0 Å². The molecule has 3 rings (SSSR count). The second kappa shape index (κ2) is 9.12. The van der Waals surface area contributed by atoms with E-state index in [0.29, 0.717) is 19.5 Å². The number of amides is 1. The molecule has 3 atom stereocenters. The molecule has 27 heavy (non-hydrogen) atoms. The van der Waals surface area contributed by atoms with Crippen molar-refractivity contribution in [2.75, 3.05) is 13.1 Å². The molecular weight excluding hydrogens is 366 g/mol. The predicted molar refractivity (Wildman–Crippen MR) is 100 cm³/mol. The number of carbonyl (C=O) groups is 1. The van der Waals surface area contributed by atoms with Crippen LogP contribution >= 0.6 is 0 Å². The zero-order valence-corrected chi connectivity index (χ0v) is 15.9. The van der Waals surface area contributed by atoms with E-state index in [1.165, 1.54) is 0 Å². The first-order chi connectivity index (χ1) is 13.0. The Morgan fingerprint density at radius 2 is 1.93 bits per heavy atom. The van der Waals surface area contributed by atoms with Crippen LogP contribution in [-0.4, -0.2) is 32.8 Å². The maximum Gasteiger partial charge on any atom is 0.410 e. The number of rotatable bonds is 6. The second-order valence-corrected chi connectivity index (χ2v) is 7.27. The van der Waals surface area contributed by atoms with Crippen molar-refractivity contribution in [3.63, 3.8) is 0 Å². The first kappa shape index (κ1) is 19.5. The lowest BCUT2D eigenvalue weighted by molar-refractivity contribution is 0.0964. The first-order valence-electron chi connectivity index (χ1n) is 8.81. The quantitative estimate of drug-likeness (QED) is 0.708. The standard InChI is InChI=1S/C20H23NO5S/c1-15-7-9-17(10-8-15)19(26-27(23)24)18-11-12-21(13-18)20(22)25-14-16-5-3-2-4-6-16/h2-10,18-19H,11-14H2,1H3,(H,23,24)/p-1. The average Bonchev–Trinajstić information content (AvgIpc) is 3.16. The lowest BCUT2D eigenvalue weighted by atomic mass is 9.94. The fourth-order valence-electron chi connectivity index (χ4n) is 3.26. The van der Waals surface area contributed by atoms with Gasteiger partial charge < -0.3 is 14.2 Å². The van der Waals surface area contributed by atoms with Crippen LogP contribution in [0.5, 0.6) is 0 Å². The Labute approximate surface area is 161 Å². The van der Waals surface area contributed by atoms with Crippen molar-refractivity contribution in [3.8, 4) is 0 Å². The van der Waals surface area contributed by atoms with Gasteiger partial charge in [-0.2, -0.15) is 0 Å². The molecule has 0 N–H and O–H groups in total. The number of benzene rings is 2. The third-order valence-corrected chi connectivity index (χ3v) is 5.07. The number of likely N-dealkylation sites (tertiary alicyclic amines) is 1. The number of hydrogen-bond donors (Lipinski definition) is 0. The zero-order valence-electron chi connectivity index (χ0n) is 15.1. The van der Waals surface area contributed by atoms with Gasteiger partial charge in [-0.15, -0.1) is 0 Å². The van der Waals surface area contributed by atoms with Gasteiger partial charge in [0.05, 0.1) is 11.4 Å². The van der Waals surface area contributed by atoms with Crippen LogP contribution in [0.1, 0.15) is 29.2 Å². The van der Waals surface area contributed by atoms with Crippen molar-refractivity contribution in [2.45, 2.75) is 26.1 Å². The molecule has 6 nitrogen and oxygen atoms in total. The predicted octanol–water partition coefficient (Wildman–Crippen LogP) is 3.51. The van der Waals surface area contributed by atoms with Crippen LogP contribution in [0.2, 0.25) is 0 Å². The van der Waals surface area contributed by atoms with Crippen LogP contribution in [0.25, 0.3) is 0 Å². The van der Waals surface area contributed by atoms with E-state index >= 15 is 0 Å². The molecule has 2 aromatic carbocycles. The second-order valence-electron chi connectivity index (χ2n) is 6.67. The normalized spacial score (nSPS) is 18.9. The van der Waals surface area contributed by atoms with Crippen molar-refractivity contribution < 1.29 is 22.5 Å². The summed E-state index contributed by atoms with van der Waals surface area (Å²) in [6, 6.07) is 17.0. The van der Waals surface area contributed by atoms with Crippen molar-refractivity contribution in [3.05, 3.63) is 71.3 Å². The Kier molecular flexibility index (Phi) is 6.60. The Hall–Kier alpha value is -2.22. The van der Waals surface area contributed by atoms with Gasteiger partial charge >= 0.3 is 6.09 Å². The molecule has 0 aromatic heterocycles. The Bertz CT molecular complexity index is 781. The van der Waals surface area contributed by atoms with E-state index in [2.05, 4.69) is 0 Å². The summed E-state index contributed by atoms with van der Waals surface area (Å²) in [7, 11) is 0. The maximum absolute atomic E-state index is 12.3. The summed E-state index contributed by atoms with van der Waals surface area (Å²) < 4.78 is 32.8. The van der Waals surface area contributed by atoms with E-state index in [1.807, 2.05) is 61.5 Å². The molecule has 1 saturated heterocycles. The minimum absolute atomic E-state index is 0.116. The number of nitrogens with zero attached hydrogens (tertiary/aromatic N) is 1. The zero-order chi connectivity index (χ0) is 19.2. The van der Waals surface area contributed by atoms with Crippen molar-refractivity contribution in [1.29, 1.82) is 0 Å². The Morgan fingerprint density at radius 3 is 2.59 bits per heavy atom. The molecule has 0 saturated carbocycles. The van der Waals surface area contributed by atoms with E-state index in [1.54, 1.807) is 4.90 Å². The third-order valence-electron chi connectivity index (χ3n) is 4.70. The highest BCUT2D eigenvalue weighted by atomic mass is 32.2. The van der Waals surface area contributed by atoms with Crippen LogP contribution in [0.3, 0.4) is 0 Å². The minimum atomic E-state index is -2.63. The average molecular weight is 388 g/mol. The SMILES string of the molecule is Cc1ccc(C(OS(=O)[O-])C2CCN(C(=O)OCc3ccccc3)C2)cc1. The highest BCUT2D eigenvalue weighted by Gasteiger charge is 2.34. The van der Waals surface area contributed by atoms with E-state index in [4.69, 9.17) is 8.92 Å². The molecule has 3 unspecified atom stereocenters. The smallest absolute Gasteiger partial charge is 0.410 e. The molecule has 2 aromatic rings. The summed E-state index contributed by atoms with van der Waals surface area (Å²) in [6.45, 7) is 3.08. The van der Waals surface area contributed by atoms with E-state index in [0.717, 1.165) is 16.7 Å². The summed E-state index contributed by atoms with van der Waals surface area (Å²) in [5, 5.41) is 0. The molecule has 0 bridgehead atoms. The van der Waals surface area contributed by atoms with Gasteiger partial charge in [-0.1, -0.05) is 60.2 Å². The van der Waals surface area contributed by atoms with Crippen molar-refractivity contribution in [1.82, 2.24) is 4.90 Å². The summed E-state index contributed by atoms with van der Waals surface area (Å²) in [4.78, 5) is 13.9. The monoisotopic (exact) mass is 388 g/mol. The van der Waals surface area contributed by atoms with Crippen LogP contribution in [0.4, 0.5) is 4.79 Å². The lowest BCUT2D eigenvalue weighted by Gasteiger charge is -2.25. The molecule has 144 valence electrons. The van der Waals surface area contributed by atoms with Gasteiger partial charge in [0.1, 0.15) is 12.7 Å². The number of carbonyl (C=O) groups excluding carboxylic acids is 1. The minimum Gasteiger partial charge on any atom is -0.750 e. The summed E-state index contributed by atoms with van der Waals surface area (Å²) in [5.41, 5.74) is 2.79. The highest BCUT2D eigenvalue weighted by molar-refractivity contribution is 7.74. The molecule has 1 fully saturated rings. The van der Waals surface area contributed by atoms with Crippen LogP contribution in [0, 0.1) is 12.8 Å². The fourth-order valence-corrected chi connectivity index (χ4v) is 3.70. The lowest BCUT2D eigenvalue weighted by Crippen LogP contribution is -2.30. The van der Waals surface area contributed by atoms with Crippen LogP contribution < -0.4 is 0 Å². The molecule has 0 aliphatic carbocycles.